The van der Waals surface area contributed by atoms with Crippen molar-refractivity contribution in [2.45, 2.75) is 82.7 Å². The van der Waals surface area contributed by atoms with E-state index in [1.165, 1.54) is 38.6 Å². The zero-order chi connectivity index (χ0) is 14.7. The van der Waals surface area contributed by atoms with E-state index in [0.29, 0.717) is 12.1 Å². The Labute approximate surface area is 129 Å². The van der Waals surface area contributed by atoms with E-state index in [0.717, 1.165) is 38.6 Å². The molecule has 0 aromatic heterocycles. The first kappa shape index (κ1) is 15.7. The van der Waals surface area contributed by atoms with Gasteiger partial charge in [0, 0.05) is 31.0 Å². The summed E-state index contributed by atoms with van der Waals surface area (Å²) in [5.41, 5.74) is 0. The van der Waals surface area contributed by atoms with E-state index in [1.54, 1.807) is 0 Å². The highest BCUT2D eigenvalue weighted by Gasteiger charge is 2.48. The molecule has 21 heavy (non-hydrogen) atoms. The Bertz CT molecular complexity index is 331. The second kappa shape index (κ2) is 6.95. The van der Waals surface area contributed by atoms with Crippen LogP contribution in [-0.4, -0.2) is 55.1 Å². The predicted molar refractivity (Wildman–Crippen MR) is 84.4 cm³/mol. The number of hydrogen-bond acceptors (Lipinski definition) is 4. The molecule has 2 aliphatic heterocycles. The number of nitrogens with one attached hydrogen (secondary N) is 1. The van der Waals surface area contributed by atoms with Gasteiger partial charge in [-0.2, -0.15) is 0 Å². The van der Waals surface area contributed by atoms with Crippen molar-refractivity contribution in [2.24, 2.45) is 0 Å². The molecule has 0 aromatic carbocycles. The van der Waals surface area contributed by atoms with Crippen molar-refractivity contribution in [1.29, 1.82) is 0 Å². The fourth-order valence-corrected chi connectivity index (χ4v) is 4.54. The zero-order valence-corrected chi connectivity index (χ0v) is 13.8. The van der Waals surface area contributed by atoms with Crippen LogP contribution < -0.4 is 5.32 Å². The molecule has 2 saturated heterocycles. The van der Waals surface area contributed by atoms with E-state index >= 15 is 0 Å². The minimum atomic E-state index is -0.268. The topological polar surface area (TPSA) is 33.7 Å². The molecule has 4 heteroatoms. The van der Waals surface area contributed by atoms with Crippen molar-refractivity contribution < 1.29 is 9.47 Å². The van der Waals surface area contributed by atoms with E-state index < -0.39 is 0 Å². The van der Waals surface area contributed by atoms with Gasteiger partial charge in [0.2, 0.25) is 0 Å². The lowest BCUT2D eigenvalue weighted by Gasteiger charge is -2.46. The molecule has 122 valence electrons. The van der Waals surface area contributed by atoms with E-state index in [2.05, 4.69) is 24.1 Å². The molecule has 3 atom stereocenters. The molecule has 0 amide bonds. The smallest absolute Gasteiger partial charge is 0.170 e. The summed E-state index contributed by atoms with van der Waals surface area (Å²) in [6.07, 6.45) is 8.47. The van der Waals surface area contributed by atoms with Gasteiger partial charge in [-0.05, 0) is 45.2 Å². The summed E-state index contributed by atoms with van der Waals surface area (Å²) in [6, 6.07) is 1.95. The Morgan fingerprint density at radius 1 is 1.19 bits per heavy atom. The van der Waals surface area contributed by atoms with Crippen LogP contribution in [0.1, 0.15) is 58.8 Å². The van der Waals surface area contributed by atoms with Crippen molar-refractivity contribution in [3.63, 3.8) is 0 Å². The first-order valence-corrected chi connectivity index (χ1v) is 9.05. The highest BCUT2D eigenvalue weighted by molar-refractivity contribution is 4.99. The highest BCUT2D eigenvalue weighted by atomic mass is 16.7. The largest absolute Gasteiger partial charge is 0.347 e. The molecule has 4 nitrogen and oxygen atoms in total. The molecule has 3 fully saturated rings. The van der Waals surface area contributed by atoms with Crippen LogP contribution in [0.15, 0.2) is 0 Å². The molecule has 0 radical (unpaired) electrons. The Balaban J connectivity index is 1.72. The zero-order valence-electron chi connectivity index (χ0n) is 13.8. The first-order chi connectivity index (χ1) is 10.3. The Kier molecular flexibility index (Phi) is 5.20. The summed E-state index contributed by atoms with van der Waals surface area (Å²) >= 11 is 0. The molecular weight excluding hydrogens is 264 g/mol. The molecule has 1 N–H and O–H groups in total. The Hall–Kier alpha value is -0.160. The van der Waals surface area contributed by atoms with Crippen LogP contribution in [0.4, 0.5) is 0 Å². The Morgan fingerprint density at radius 3 is 2.71 bits per heavy atom. The molecular formula is C17H32N2O2. The highest BCUT2D eigenvalue weighted by Crippen LogP contribution is 2.40. The quantitative estimate of drug-likeness (QED) is 0.845. The lowest BCUT2D eigenvalue weighted by atomic mass is 9.84. The first-order valence-electron chi connectivity index (χ1n) is 9.05. The maximum atomic E-state index is 6.02. The summed E-state index contributed by atoms with van der Waals surface area (Å²) in [4.78, 5) is 2.76. The fraction of sp³-hybridized carbons (Fsp3) is 1.00. The van der Waals surface area contributed by atoms with Crippen LogP contribution >= 0.6 is 0 Å². The number of hydrogen-bond donors (Lipinski definition) is 1. The summed E-state index contributed by atoms with van der Waals surface area (Å²) in [5, 5.41) is 3.80. The lowest BCUT2D eigenvalue weighted by molar-refractivity contribution is -0.194. The minimum Gasteiger partial charge on any atom is -0.347 e. The number of likely N-dealkylation sites (tertiary alicyclic amines) is 1. The standard InChI is InChI=1S/C17H32N2O2/c1-3-9-18-15-7-8-17(20-11-12-21-17)13-16(15)19-10-5-6-14(19)4-2/h14-16,18H,3-13H2,1-2H3. The average molecular weight is 296 g/mol. The van der Waals surface area contributed by atoms with Crippen molar-refractivity contribution in [3.8, 4) is 0 Å². The van der Waals surface area contributed by atoms with Gasteiger partial charge in [0.05, 0.1) is 13.2 Å². The number of ether oxygens (including phenoxy) is 2. The van der Waals surface area contributed by atoms with Crippen molar-refractivity contribution >= 4 is 0 Å². The van der Waals surface area contributed by atoms with Crippen LogP contribution in [0.3, 0.4) is 0 Å². The van der Waals surface area contributed by atoms with Gasteiger partial charge in [0.15, 0.2) is 5.79 Å². The van der Waals surface area contributed by atoms with E-state index in [1.807, 2.05) is 0 Å². The van der Waals surface area contributed by atoms with Gasteiger partial charge in [-0.1, -0.05) is 13.8 Å². The maximum Gasteiger partial charge on any atom is 0.170 e. The maximum absolute atomic E-state index is 6.02. The molecule has 3 aliphatic rings. The third-order valence-electron chi connectivity index (χ3n) is 5.61. The summed E-state index contributed by atoms with van der Waals surface area (Å²) in [6.45, 7) is 8.51. The average Bonchev–Trinajstić information content (AvgIpc) is 3.15. The van der Waals surface area contributed by atoms with Gasteiger partial charge in [0.1, 0.15) is 0 Å². The predicted octanol–water partition coefficient (Wildman–Crippen LogP) is 2.52. The van der Waals surface area contributed by atoms with Crippen LogP contribution in [0.2, 0.25) is 0 Å². The third-order valence-corrected chi connectivity index (χ3v) is 5.61. The van der Waals surface area contributed by atoms with Crippen LogP contribution in [0.5, 0.6) is 0 Å². The van der Waals surface area contributed by atoms with Gasteiger partial charge in [-0.3, -0.25) is 4.90 Å². The normalized spacial score (nSPS) is 36.6. The molecule has 1 spiro atoms. The van der Waals surface area contributed by atoms with E-state index in [-0.39, 0.29) is 5.79 Å². The molecule has 2 heterocycles. The van der Waals surface area contributed by atoms with Crippen LogP contribution in [-0.2, 0) is 9.47 Å². The third kappa shape index (κ3) is 3.29. The number of nitrogens with zero attached hydrogens (tertiary/aromatic N) is 1. The van der Waals surface area contributed by atoms with Crippen molar-refractivity contribution in [3.05, 3.63) is 0 Å². The van der Waals surface area contributed by atoms with Crippen LogP contribution in [0.25, 0.3) is 0 Å². The van der Waals surface area contributed by atoms with Crippen molar-refractivity contribution in [1.82, 2.24) is 10.2 Å². The van der Waals surface area contributed by atoms with E-state index in [4.69, 9.17) is 9.47 Å². The Morgan fingerprint density at radius 2 is 2.00 bits per heavy atom. The van der Waals surface area contributed by atoms with Gasteiger partial charge in [0.25, 0.3) is 0 Å². The van der Waals surface area contributed by atoms with E-state index in [9.17, 15) is 0 Å². The van der Waals surface area contributed by atoms with Gasteiger partial charge in [-0.15, -0.1) is 0 Å². The van der Waals surface area contributed by atoms with Crippen LogP contribution in [0, 0.1) is 0 Å². The second-order valence-corrected chi connectivity index (χ2v) is 6.92. The molecule has 0 aromatic rings. The molecule has 1 saturated carbocycles. The molecule has 1 aliphatic carbocycles. The van der Waals surface area contributed by atoms with Crippen molar-refractivity contribution in [2.75, 3.05) is 26.3 Å². The van der Waals surface area contributed by atoms with Gasteiger partial charge < -0.3 is 14.8 Å². The minimum absolute atomic E-state index is 0.268. The summed E-state index contributed by atoms with van der Waals surface area (Å²) < 4.78 is 12.0. The number of rotatable bonds is 5. The monoisotopic (exact) mass is 296 g/mol. The molecule has 0 bridgehead atoms. The fourth-order valence-electron chi connectivity index (χ4n) is 4.54. The SMILES string of the molecule is CCCNC1CCC2(CC1N1CCCC1CC)OCCO2. The molecule has 3 rings (SSSR count). The summed E-state index contributed by atoms with van der Waals surface area (Å²) in [7, 11) is 0. The van der Waals surface area contributed by atoms with Gasteiger partial charge >= 0.3 is 0 Å². The second-order valence-electron chi connectivity index (χ2n) is 6.92. The molecule has 3 unspecified atom stereocenters. The lowest BCUT2D eigenvalue weighted by Crippen LogP contribution is -2.58. The summed E-state index contributed by atoms with van der Waals surface area (Å²) in [5.74, 6) is -0.268. The van der Waals surface area contributed by atoms with Gasteiger partial charge in [-0.25, -0.2) is 0 Å².